The Kier molecular flexibility index (Phi) is 4.06. The van der Waals surface area contributed by atoms with Crippen molar-refractivity contribution in [2.45, 2.75) is 25.3 Å². The number of benzene rings is 1. The standard InChI is InChI=1S/C14H17N3O2S/c1-10-8-12(9-15)6-7-13(10)20(18,19)17-14-5-3-4-11(2)16-14/h3-8H,9,15H2,1-2H3,(H,16,17). The Balaban J connectivity index is 2.36. The maximum absolute atomic E-state index is 12.4. The van der Waals surface area contributed by atoms with Gasteiger partial charge in [-0.05, 0) is 43.2 Å². The Morgan fingerprint density at radius 2 is 1.95 bits per heavy atom. The quantitative estimate of drug-likeness (QED) is 0.901. The van der Waals surface area contributed by atoms with Crippen molar-refractivity contribution in [2.24, 2.45) is 5.73 Å². The van der Waals surface area contributed by atoms with Crippen LogP contribution in [0.1, 0.15) is 16.8 Å². The molecule has 0 radical (unpaired) electrons. The molecule has 106 valence electrons. The number of aromatic nitrogens is 1. The molecule has 2 aromatic rings. The number of nitrogens with zero attached hydrogens (tertiary/aromatic N) is 1. The number of hydrogen-bond acceptors (Lipinski definition) is 4. The molecule has 2 rings (SSSR count). The van der Waals surface area contributed by atoms with E-state index >= 15 is 0 Å². The molecular formula is C14H17N3O2S. The van der Waals surface area contributed by atoms with Gasteiger partial charge in [0.2, 0.25) is 0 Å². The van der Waals surface area contributed by atoms with Crippen LogP contribution in [0.5, 0.6) is 0 Å². The molecule has 5 nitrogen and oxygen atoms in total. The van der Waals surface area contributed by atoms with Crippen LogP contribution in [0.3, 0.4) is 0 Å². The van der Waals surface area contributed by atoms with Gasteiger partial charge < -0.3 is 5.73 Å². The van der Waals surface area contributed by atoms with Gasteiger partial charge in [-0.15, -0.1) is 0 Å². The lowest BCUT2D eigenvalue weighted by Crippen LogP contribution is -2.15. The maximum atomic E-state index is 12.4. The van der Waals surface area contributed by atoms with Crippen molar-refractivity contribution >= 4 is 15.8 Å². The second-order valence-corrected chi connectivity index (χ2v) is 6.22. The normalized spacial score (nSPS) is 11.3. The Labute approximate surface area is 118 Å². The number of anilines is 1. The van der Waals surface area contributed by atoms with Crippen LogP contribution in [0.25, 0.3) is 0 Å². The summed E-state index contributed by atoms with van der Waals surface area (Å²) in [6, 6.07) is 10.2. The molecule has 0 aliphatic rings. The summed E-state index contributed by atoms with van der Waals surface area (Å²) in [5.41, 5.74) is 7.85. The van der Waals surface area contributed by atoms with E-state index < -0.39 is 10.0 Å². The molecule has 1 aromatic heterocycles. The summed E-state index contributed by atoms with van der Waals surface area (Å²) in [5.74, 6) is 0.312. The van der Waals surface area contributed by atoms with Crippen LogP contribution in [0.4, 0.5) is 5.82 Å². The van der Waals surface area contributed by atoms with Crippen LogP contribution in [-0.4, -0.2) is 13.4 Å². The van der Waals surface area contributed by atoms with Crippen LogP contribution in [-0.2, 0) is 16.6 Å². The molecule has 0 saturated heterocycles. The predicted octanol–water partition coefficient (Wildman–Crippen LogP) is 1.96. The first-order valence-corrected chi connectivity index (χ1v) is 7.67. The number of nitrogens with two attached hydrogens (primary N) is 1. The van der Waals surface area contributed by atoms with Gasteiger partial charge in [0, 0.05) is 12.2 Å². The molecule has 1 heterocycles. The van der Waals surface area contributed by atoms with Crippen molar-refractivity contribution in [1.82, 2.24) is 4.98 Å². The molecule has 0 saturated carbocycles. The molecule has 3 N–H and O–H groups in total. The molecule has 0 atom stereocenters. The van der Waals surface area contributed by atoms with E-state index in [2.05, 4.69) is 9.71 Å². The number of nitrogens with one attached hydrogen (secondary N) is 1. The van der Waals surface area contributed by atoms with E-state index in [0.29, 0.717) is 17.9 Å². The van der Waals surface area contributed by atoms with E-state index in [4.69, 9.17) is 5.73 Å². The van der Waals surface area contributed by atoms with Gasteiger partial charge in [0.1, 0.15) is 5.82 Å². The van der Waals surface area contributed by atoms with Crippen LogP contribution in [0, 0.1) is 13.8 Å². The van der Waals surface area contributed by atoms with Crippen LogP contribution < -0.4 is 10.5 Å². The lowest BCUT2D eigenvalue weighted by Gasteiger charge is -2.11. The monoisotopic (exact) mass is 291 g/mol. The zero-order valence-corrected chi connectivity index (χ0v) is 12.2. The fraction of sp³-hybridized carbons (Fsp3) is 0.214. The van der Waals surface area contributed by atoms with Crippen molar-refractivity contribution in [1.29, 1.82) is 0 Å². The second-order valence-electron chi connectivity index (χ2n) is 4.57. The molecule has 20 heavy (non-hydrogen) atoms. The minimum Gasteiger partial charge on any atom is -0.326 e. The third-order valence-electron chi connectivity index (χ3n) is 2.89. The third kappa shape index (κ3) is 3.15. The van der Waals surface area contributed by atoms with E-state index in [1.54, 1.807) is 50.2 Å². The Bertz CT molecular complexity index is 727. The summed E-state index contributed by atoms with van der Waals surface area (Å²) in [4.78, 5) is 4.37. The number of hydrogen-bond donors (Lipinski definition) is 2. The Morgan fingerprint density at radius 3 is 2.55 bits per heavy atom. The predicted molar refractivity (Wildman–Crippen MR) is 78.9 cm³/mol. The summed E-state index contributed by atoms with van der Waals surface area (Å²) in [5, 5.41) is 0. The summed E-state index contributed by atoms with van der Waals surface area (Å²) in [6.07, 6.45) is 0. The van der Waals surface area contributed by atoms with E-state index in [-0.39, 0.29) is 4.90 Å². The number of sulfonamides is 1. The number of aryl methyl sites for hydroxylation is 2. The SMILES string of the molecule is Cc1cccc(NS(=O)(=O)c2ccc(CN)cc2C)n1. The molecule has 6 heteroatoms. The van der Waals surface area contributed by atoms with Gasteiger partial charge >= 0.3 is 0 Å². The molecule has 0 unspecified atom stereocenters. The third-order valence-corrected chi connectivity index (χ3v) is 4.41. The van der Waals surface area contributed by atoms with Crippen LogP contribution in [0.2, 0.25) is 0 Å². The van der Waals surface area contributed by atoms with Gasteiger partial charge in [-0.3, -0.25) is 4.72 Å². The first-order chi connectivity index (χ1) is 9.42. The highest BCUT2D eigenvalue weighted by Crippen LogP contribution is 2.19. The van der Waals surface area contributed by atoms with Gasteiger partial charge in [0.25, 0.3) is 10.0 Å². The van der Waals surface area contributed by atoms with E-state index in [0.717, 1.165) is 11.3 Å². The highest BCUT2D eigenvalue weighted by atomic mass is 32.2. The highest BCUT2D eigenvalue weighted by Gasteiger charge is 2.17. The zero-order chi connectivity index (χ0) is 14.8. The van der Waals surface area contributed by atoms with Crippen molar-refractivity contribution < 1.29 is 8.42 Å². The van der Waals surface area contributed by atoms with Gasteiger partial charge in [-0.2, -0.15) is 0 Å². The topological polar surface area (TPSA) is 85.1 Å². The smallest absolute Gasteiger partial charge is 0.263 e. The zero-order valence-electron chi connectivity index (χ0n) is 11.4. The summed E-state index contributed by atoms with van der Waals surface area (Å²) < 4.78 is 27.2. The average molecular weight is 291 g/mol. The van der Waals surface area contributed by atoms with Gasteiger partial charge in [-0.1, -0.05) is 18.2 Å². The lowest BCUT2D eigenvalue weighted by atomic mass is 10.1. The number of pyridine rings is 1. The molecule has 0 fully saturated rings. The molecule has 0 aliphatic carbocycles. The van der Waals surface area contributed by atoms with Crippen molar-refractivity contribution in [3.63, 3.8) is 0 Å². The highest BCUT2D eigenvalue weighted by molar-refractivity contribution is 7.92. The first-order valence-electron chi connectivity index (χ1n) is 6.18. The molecule has 1 aromatic carbocycles. The summed E-state index contributed by atoms with van der Waals surface area (Å²) in [6.45, 7) is 3.94. The maximum Gasteiger partial charge on any atom is 0.263 e. The summed E-state index contributed by atoms with van der Waals surface area (Å²) in [7, 11) is -3.64. The molecule has 0 amide bonds. The molecule has 0 bridgehead atoms. The van der Waals surface area contributed by atoms with Crippen molar-refractivity contribution in [3.8, 4) is 0 Å². The summed E-state index contributed by atoms with van der Waals surface area (Å²) >= 11 is 0. The largest absolute Gasteiger partial charge is 0.326 e. The lowest BCUT2D eigenvalue weighted by molar-refractivity contribution is 0.600. The molecule has 0 spiro atoms. The fourth-order valence-electron chi connectivity index (χ4n) is 1.93. The van der Waals surface area contributed by atoms with Gasteiger partial charge in [-0.25, -0.2) is 13.4 Å². The van der Waals surface area contributed by atoms with Crippen molar-refractivity contribution in [2.75, 3.05) is 4.72 Å². The fourth-order valence-corrected chi connectivity index (χ4v) is 3.16. The van der Waals surface area contributed by atoms with Gasteiger partial charge in [0.15, 0.2) is 0 Å². The molecule has 0 aliphatic heterocycles. The van der Waals surface area contributed by atoms with E-state index in [1.165, 1.54) is 0 Å². The van der Waals surface area contributed by atoms with Crippen LogP contribution in [0.15, 0.2) is 41.3 Å². The van der Waals surface area contributed by atoms with Gasteiger partial charge in [0.05, 0.1) is 4.90 Å². The van der Waals surface area contributed by atoms with E-state index in [9.17, 15) is 8.42 Å². The first kappa shape index (κ1) is 14.5. The van der Waals surface area contributed by atoms with Crippen LogP contribution >= 0.6 is 0 Å². The van der Waals surface area contributed by atoms with E-state index in [1.807, 2.05) is 0 Å². The Hall–Kier alpha value is -1.92. The van der Waals surface area contributed by atoms with Crippen molar-refractivity contribution in [3.05, 3.63) is 53.2 Å². The molecular weight excluding hydrogens is 274 g/mol. The number of rotatable bonds is 4. The average Bonchev–Trinajstić information content (AvgIpc) is 2.37. The second kappa shape index (κ2) is 5.60. The minimum absolute atomic E-state index is 0.234. The Morgan fingerprint density at radius 1 is 1.20 bits per heavy atom. The minimum atomic E-state index is -3.64.